The van der Waals surface area contributed by atoms with Crippen molar-refractivity contribution in [1.29, 1.82) is 0 Å². The minimum atomic E-state index is 0.560. The van der Waals surface area contributed by atoms with Gasteiger partial charge in [-0.15, -0.1) is 0 Å². The number of aromatic nitrogens is 2. The SMILES string of the molecule is COc1ccccc1CCNc1ncc(N)cn1. The number of methoxy groups -OCH3 is 1. The molecule has 18 heavy (non-hydrogen) atoms. The van der Waals surface area contributed by atoms with E-state index in [0.29, 0.717) is 11.6 Å². The van der Waals surface area contributed by atoms with Gasteiger partial charge >= 0.3 is 0 Å². The Bertz CT molecular complexity index is 499. The standard InChI is InChI=1S/C13H16N4O/c1-18-12-5-3-2-4-10(12)6-7-15-13-16-8-11(14)9-17-13/h2-5,8-9H,6-7,14H2,1H3,(H,15,16,17). The molecule has 0 amide bonds. The molecule has 2 aromatic rings. The van der Waals surface area contributed by atoms with E-state index in [1.54, 1.807) is 19.5 Å². The van der Waals surface area contributed by atoms with Gasteiger partial charge in [-0.3, -0.25) is 0 Å². The molecular formula is C13H16N4O. The zero-order valence-electron chi connectivity index (χ0n) is 10.3. The highest BCUT2D eigenvalue weighted by atomic mass is 16.5. The van der Waals surface area contributed by atoms with Gasteiger partial charge in [-0.2, -0.15) is 0 Å². The molecule has 1 aromatic carbocycles. The van der Waals surface area contributed by atoms with E-state index in [2.05, 4.69) is 15.3 Å². The van der Waals surface area contributed by atoms with E-state index in [0.717, 1.165) is 24.3 Å². The van der Waals surface area contributed by atoms with Crippen LogP contribution in [0, 0.1) is 0 Å². The summed E-state index contributed by atoms with van der Waals surface area (Å²) in [6, 6.07) is 7.95. The van der Waals surface area contributed by atoms with Crippen molar-refractivity contribution in [1.82, 2.24) is 9.97 Å². The van der Waals surface area contributed by atoms with Crippen LogP contribution in [0.1, 0.15) is 5.56 Å². The molecule has 5 heteroatoms. The maximum atomic E-state index is 5.51. The second kappa shape index (κ2) is 5.86. The number of rotatable bonds is 5. The van der Waals surface area contributed by atoms with E-state index < -0.39 is 0 Å². The molecule has 0 atom stereocenters. The lowest BCUT2D eigenvalue weighted by molar-refractivity contribution is 0.410. The summed E-state index contributed by atoms with van der Waals surface area (Å²) in [6.07, 6.45) is 4.01. The Hall–Kier alpha value is -2.30. The predicted octanol–water partition coefficient (Wildman–Crippen LogP) is 1.72. The van der Waals surface area contributed by atoms with Crippen molar-refractivity contribution in [3.05, 3.63) is 42.2 Å². The summed E-state index contributed by atoms with van der Waals surface area (Å²) in [5.74, 6) is 1.48. The van der Waals surface area contributed by atoms with Gasteiger partial charge in [0.2, 0.25) is 5.95 Å². The molecule has 0 unspecified atom stereocenters. The molecular weight excluding hydrogens is 228 g/mol. The van der Waals surface area contributed by atoms with Gasteiger partial charge in [-0.1, -0.05) is 18.2 Å². The third kappa shape index (κ3) is 3.10. The summed E-state index contributed by atoms with van der Waals surface area (Å²) in [6.45, 7) is 0.740. The fourth-order valence-corrected chi connectivity index (χ4v) is 1.65. The highest BCUT2D eigenvalue weighted by molar-refractivity contribution is 5.37. The Morgan fingerprint density at radius 1 is 1.22 bits per heavy atom. The molecule has 94 valence electrons. The summed E-state index contributed by atoms with van der Waals surface area (Å²) in [4.78, 5) is 8.15. The molecule has 0 aliphatic carbocycles. The molecule has 1 heterocycles. The number of nitrogen functional groups attached to an aromatic ring is 1. The van der Waals surface area contributed by atoms with Crippen molar-refractivity contribution in [3.63, 3.8) is 0 Å². The lowest BCUT2D eigenvalue weighted by Gasteiger charge is -2.08. The van der Waals surface area contributed by atoms with Crippen LogP contribution < -0.4 is 15.8 Å². The zero-order chi connectivity index (χ0) is 12.8. The number of ether oxygens (including phenoxy) is 1. The third-order valence-corrected chi connectivity index (χ3v) is 2.54. The smallest absolute Gasteiger partial charge is 0.222 e. The number of hydrogen-bond donors (Lipinski definition) is 2. The van der Waals surface area contributed by atoms with Crippen molar-refractivity contribution in [2.45, 2.75) is 6.42 Å². The number of nitrogens with two attached hydrogens (primary N) is 1. The van der Waals surface area contributed by atoms with Crippen molar-refractivity contribution < 1.29 is 4.74 Å². The average Bonchev–Trinajstić information content (AvgIpc) is 2.41. The van der Waals surface area contributed by atoms with Crippen LogP contribution in [0.3, 0.4) is 0 Å². The first-order valence-electron chi connectivity index (χ1n) is 5.73. The number of nitrogens with zero attached hydrogens (tertiary/aromatic N) is 2. The van der Waals surface area contributed by atoms with Crippen LogP contribution >= 0.6 is 0 Å². The van der Waals surface area contributed by atoms with Crippen molar-refractivity contribution >= 4 is 11.6 Å². The molecule has 1 aromatic heterocycles. The average molecular weight is 244 g/mol. The van der Waals surface area contributed by atoms with Crippen LogP contribution in [0.15, 0.2) is 36.7 Å². The Morgan fingerprint density at radius 2 is 1.94 bits per heavy atom. The van der Waals surface area contributed by atoms with E-state index in [1.807, 2.05) is 24.3 Å². The van der Waals surface area contributed by atoms with E-state index >= 15 is 0 Å². The normalized spacial score (nSPS) is 10.1. The van der Waals surface area contributed by atoms with Crippen molar-refractivity contribution in [2.24, 2.45) is 0 Å². The molecule has 0 radical (unpaired) electrons. The quantitative estimate of drug-likeness (QED) is 0.837. The number of benzene rings is 1. The molecule has 0 aliphatic heterocycles. The lowest BCUT2D eigenvalue weighted by Crippen LogP contribution is -2.08. The Morgan fingerprint density at radius 3 is 2.67 bits per heavy atom. The molecule has 0 bridgehead atoms. The molecule has 2 rings (SSSR count). The van der Waals surface area contributed by atoms with Gasteiger partial charge in [0.15, 0.2) is 0 Å². The topological polar surface area (TPSA) is 73.1 Å². The first-order valence-corrected chi connectivity index (χ1v) is 5.73. The van der Waals surface area contributed by atoms with Gasteiger partial charge in [0, 0.05) is 6.54 Å². The highest BCUT2D eigenvalue weighted by Crippen LogP contribution is 2.17. The second-order valence-corrected chi connectivity index (χ2v) is 3.83. The lowest BCUT2D eigenvalue weighted by atomic mass is 10.1. The number of hydrogen-bond acceptors (Lipinski definition) is 5. The van der Waals surface area contributed by atoms with Gasteiger partial charge in [-0.25, -0.2) is 9.97 Å². The third-order valence-electron chi connectivity index (χ3n) is 2.54. The Kier molecular flexibility index (Phi) is 3.96. The first-order chi connectivity index (χ1) is 8.79. The highest BCUT2D eigenvalue weighted by Gasteiger charge is 2.01. The molecule has 0 aliphatic rings. The zero-order valence-corrected chi connectivity index (χ0v) is 10.3. The second-order valence-electron chi connectivity index (χ2n) is 3.83. The van der Waals surface area contributed by atoms with E-state index in [4.69, 9.17) is 10.5 Å². The van der Waals surface area contributed by atoms with Crippen LogP contribution in [0.4, 0.5) is 11.6 Å². The van der Waals surface area contributed by atoms with Gasteiger partial charge in [0.25, 0.3) is 0 Å². The van der Waals surface area contributed by atoms with Crippen LogP contribution in [-0.2, 0) is 6.42 Å². The molecule has 5 nitrogen and oxygen atoms in total. The van der Waals surface area contributed by atoms with Gasteiger partial charge in [-0.05, 0) is 18.1 Å². The maximum absolute atomic E-state index is 5.51. The van der Waals surface area contributed by atoms with E-state index in [9.17, 15) is 0 Å². The number of anilines is 2. The first kappa shape index (κ1) is 12.2. The molecule has 0 spiro atoms. The number of nitrogens with one attached hydrogen (secondary N) is 1. The largest absolute Gasteiger partial charge is 0.496 e. The van der Waals surface area contributed by atoms with Crippen molar-refractivity contribution in [2.75, 3.05) is 24.7 Å². The summed E-state index contributed by atoms with van der Waals surface area (Å²) in [5, 5.41) is 3.14. The van der Waals surface area contributed by atoms with Gasteiger partial charge < -0.3 is 15.8 Å². The fourth-order valence-electron chi connectivity index (χ4n) is 1.65. The molecule has 3 N–H and O–H groups in total. The van der Waals surface area contributed by atoms with Gasteiger partial charge in [0.1, 0.15) is 5.75 Å². The Labute approximate surface area is 106 Å². The molecule has 0 saturated carbocycles. The van der Waals surface area contributed by atoms with E-state index in [-0.39, 0.29) is 0 Å². The number of para-hydroxylation sites is 1. The summed E-state index contributed by atoms with van der Waals surface area (Å²) in [7, 11) is 1.68. The predicted molar refractivity (Wildman–Crippen MR) is 71.6 cm³/mol. The van der Waals surface area contributed by atoms with Gasteiger partial charge in [0.05, 0.1) is 25.2 Å². The minimum Gasteiger partial charge on any atom is -0.496 e. The van der Waals surface area contributed by atoms with Crippen LogP contribution in [0.2, 0.25) is 0 Å². The van der Waals surface area contributed by atoms with Crippen molar-refractivity contribution in [3.8, 4) is 5.75 Å². The summed E-state index contributed by atoms with van der Waals surface area (Å²) >= 11 is 0. The van der Waals surface area contributed by atoms with Crippen LogP contribution in [0.5, 0.6) is 5.75 Å². The summed E-state index contributed by atoms with van der Waals surface area (Å²) in [5.41, 5.74) is 7.23. The maximum Gasteiger partial charge on any atom is 0.222 e. The monoisotopic (exact) mass is 244 g/mol. The van der Waals surface area contributed by atoms with E-state index in [1.165, 1.54) is 0 Å². The fraction of sp³-hybridized carbons (Fsp3) is 0.231. The summed E-state index contributed by atoms with van der Waals surface area (Å²) < 4.78 is 5.29. The molecule has 0 fully saturated rings. The molecule has 0 saturated heterocycles. The van der Waals surface area contributed by atoms with Crippen LogP contribution in [-0.4, -0.2) is 23.6 Å². The van der Waals surface area contributed by atoms with Crippen LogP contribution in [0.25, 0.3) is 0 Å². The minimum absolute atomic E-state index is 0.560. The Balaban J connectivity index is 1.90.